The highest BCUT2D eigenvalue weighted by atomic mass is 32.2. The maximum atomic E-state index is 11.8. The maximum Gasteiger partial charge on any atom is 0.213 e. The molecular formula is C11H24N2O2S. The minimum absolute atomic E-state index is 0.227. The van der Waals surface area contributed by atoms with Gasteiger partial charge in [0.1, 0.15) is 0 Å². The Bertz CT molecular complexity index is 276. The molecule has 0 aliphatic heterocycles. The summed E-state index contributed by atoms with van der Waals surface area (Å²) in [7, 11) is -1.42. The molecule has 0 amide bonds. The zero-order valence-corrected chi connectivity index (χ0v) is 11.2. The summed E-state index contributed by atoms with van der Waals surface area (Å²) in [6, 6.07) is 0. The minimum Gasteiger partial charge on any atom is -0.317 e. The molecule has 4 nitrogen and oxygen atoms in total. The second-order valence-corrected chi connectivity index (χ2v) is 5.97. The van der Waals surface area contributed by atoms with Crippen LogP contribution in [0.1, 0.15) is 26.2 Å². The number of unbranched alkanes of at least 4 members (excludes halogenated alkanes) is 1. The first-order valence-corrected chi connectivity index (χ1v) is 7.41. The number of rotatable bonds is 10. The van der Waals surface area contributed by atoms with Crippen molar-refractivity contribution < 1.29 is 8.42 Å². The third-order valence-corrected chi connectivity index (χ3v) is 4.30. The van der Waals surface area contributed by atoms with E-state index in [1.165, 1.54) is 4.31 Å². The normalized spacial score (nSPS) is 11.9. The summed E-state index contributed by atoms with van der Waals surface area (Å²) in [6.45, 7) is 7.85. The van der Waals surface area contributed by atoms with Crippen molar-refractivity contribution in [1.82, 2.24) is 9.62 Å². The maximum absolute atomic E-state index is 11.8. The van der Waals surface area contributed by atoms with Crippen LogP contribution in [0.25, 0.3) is 0 Å². The molecule has 0 saturated carbocycles. The lowest BCUT2D eigenvalue weighted by atomic mass is 10.3. The lowest BCUT2D eigenvalue weighted by Gasteiger charge is -2.16. The molecule has 0 aliphatic rings. The van der Waals surface area contributed by atoms with E-state index in [0.717, 1.165) is 25.9 Å². The second-order valence-electron chi connectivity index (χ2n) is 3.78. The molecule has 0 aliphatic carbocycles. The van der Waals surface area contributed by atoms with Crippen molar-refractivity contribution in [3.05, 3.63) is 12.7 Å². The molecule has 0 heterocycles. The standard InChI is InChI=1S/C11H24N2O2S/c1-4-6-7-10-13(3)16(14,15)11-8-9-12-5-2/h4,12H,1,5-11H2,2-3H3. The summed E-state index contributed by atoms with van der Waals surface area (Å²) in [6.07, 6.45) is 4.18. The van der Waals surface area contributed by atoms with E-state index in [4.69, 9.17) is 0 Å². The van der Waals surface area contributed by atoms with E-state index in [1.807, 2.05) is 13.0 Å². The van der Waals surface area contributed by atoms with Gasteiger partial charge in [-0.3, -0.25) is 0 Å². The van der Waals surface area contributed by atoms with Gasteiger partial charge in [-0.2, -0.15) is 0 Å². The molecule has 0 radical (unpaired) electrons. The number of nitrogens with one attached hydrogen (secondary N) is 1. The van der Waals surface area contributed by atoms with Gasteiger partial charge in [-0.05, 0) is 32.4 Å². The number of sulfonamides is 1. The van der Waals surface area contributed by atoms with Crippen molar-refractivity contribution in [3.63, 3.8) is 0 Å². The Kier molecular flexibility index (Phi) is 8.51. The average Bonchev–Trinajstić information content (AvgIpc) is 2.24. The number of nitrogens with zero attached hydrogens (tertiary/aromatic N) is 1. The van der Waals surface area contributed by atoms with Gasteiger partial charge in [-0.1, -0.05) is 13.0 Å². The lowest BCUT2D eigenvalue weighted by Crippen LogP contribution is -2.31. The zero-order chi connectivity index (χ0) is 12.4. The molecule has 0 aromatic rings. The van der Waals surface area contributed by atoms with Gasteiger partial charge in [0.25, 0.3) is 0 Å². The number of allylic oxidation sites excluding steroid dienone is 1. The first kappa shape index (κ1) is 15.6. The van der Waals surface area contributed by atoms with E-state index < -0.39 is 10.0 Å². The molecule has 0 aromatic carbocycles. The highest BCUT2D eigenvalue weighted by molar-refractivity contribution is 7.89. The summed E-state index contributed by atoms with van der Waals surface area (Å²) in [5.74, 6) is 0.227. The molecule has 0 saturated heterocycles. The van der Waals surface area contributed by atoms with Crippen molar-refractivity contribution >= 4 is 10.0 Å². The van der Waals surface area contributed by atoms with Crippen LogP contribution in [-0.4, -0.2) is 45.2 Å². The van der Waals surface area contributed by atoms with Gasteiger partial charge in [0.05, 0.1) is 5.75 Å². The average molecular weight is 248 g/mol. The molecule has 0 atom stereocenters. The van der Waals surface area contributed by atoms with Gasteiger partial charge in [0, 0.05) is 13.6 Å². The van der Waals surface area contributed by atoms with Crippen LogP contribution >= 0.6 is 0 Å². The van der Waals surface area contributed by atoms with Gasteiger partial charge in [-0.15, -0.1) is 6.58 Å². The van der Waals surface area contributed by atoms with Crippen LogP contribution in [-0.2, 0) is 10.0 Å². The van der Waals surface area contributed by atoms with Gasteiger partial charge in [-0.25, -0.2) is 12.7 Å². The number of hydrogen-bond acceptors (Lipinski definition) is 3. The molecule has 5 heteroatoms. The highest BCUT2D eigenvalue weighted by Crippen LogP contribution is 2.02. The van der Waals surface area contributed by atoms with Gasteiger partial charge in [0.15, 0.2) is 0 Å². The number of hydrogen-bond donors (Lipinski definition) is 1. The Morgan fingerprint density at radius 2 is 2.06 bits per heavy atom. The first-order chi connectivity index (χ1) is 7.54. The van der Waals surface area contributed by atoms with Gasteiger partial charge < -0.3 is 5.32 Å². The molecule has 0 spiro atoms. The topological polar surface area (TPSA) is 49.4 Å². The first-order valence-electron chi connectivity index (χ1n) is 5.80. The molecule has 0 unspecified atom stereocenters. The van der Waals surface area contributed by atoms with Crippen LogP contribution in [0.5, 0.6) is 0 Å². The minimum atomic E-state index is -3.06. The van der Waals surface area contributed by atoms with Crippen LogP contribution in [0.4, 0.5) is 0 Å². The highest BCUT2D eigenvalue weighted by Gasteiger charge is 2.16. The van der Waals surface area contributed by atoms with E-state index >= 15 is 0 Å². The third-order valence-electron chi connectivity index (χ3n) is 2.36. The summed E-state index contributed by atoms with van der Waals surface area (Å²) in [5, 5.41) is 3.12. The fraction of sp³-hybridized carbons (Fsp3) is 0.818. The van der Waals surface area contributed by atoms with Crippen molar-refractivity contribution in [2.24, 2.45) is 0 Å². The fourth-order valence-corrected chi connectivity index (χ4v) is 2.54. The molecule has 0 aromatic heterocycles. The van der Waals surface area contributed by atoms with Crippen LogP contribution in [0.3, 0.4) is 0 Å². The molecule has 0 fully saturated rings. The molecule has 16 heavy (non-hydrogen) atoms. The summed E-state index contributed by atoms with van der Waals surface area (Å²) >= 11 is 0. The molecular weight excluding hydrogens is 224 g/mol. The Balaban J connectivity index is 3.86. The third kappa shape index (κ3) is 6.98. The van der Waals surface area contributed by atoms with Crippen LogP contribution in [0.15, 0.2) is 12.7 Å². The van der Waals surface area contributed by atoms with Crippen molar-refractivity contribution in [2.75, 3.05) is 32.4 Å². The van der Waals surface area contributed by atoms with E-state index in [2.05, 4.69) is 11.9 Å². The predicted octanol–water partition coefficient (Wildman–Crippen LogP) is 1.21. The summed E-state index contributed by atoms with van der Waals surface area (Å²) < 4.78 is 25.0. The Morgan fingerprint density at radius 3 is 2.62 bits per heavy atom. The van der Waals surface area contributed by atoms with Gasteiger partial charge in [0.2, 0.25) is 10.0 Å². The second kappa shape index (κ2) is 8.73. The van der Waals surface area contributed by atoms with E-state index in [9.17, 15) is 8.42 Å². The Hall–Kier alpha value is -0.390. The smallest absolute Gasteiger partial charge is 0.213 e. The van der Waals surface area contributed by atoms with Crippen LogP contribution in [0, 0.1) is 0 Å². The quantitative estimate of drug-likeness (QED) is 0.467. The van der Waals surface area contributed by atoms with Crippen molar-refractivity contribution in [2.45, 2.75) is 26.2 Å². The Morgan fingerprint density at radius 1 is 1.38 bits per heavy atom. The lowest BCUT2D eigenvalue weighted by molar-refractivity contribution is 0.461. The van der Waals surface area contributed by atoms with E-state index in [1.54, 1.807) is 7.05 Å². The largest absolute Gasteiger partial charge is 0.317 e. The molecule has 0 rings (SSSR count). The van der Waals surface area contributed by atoms with Crippen LogP contribution < -0.4 is 5.32 Å². The van der Waals surface area contributed by atoms with Crippen molar-refractivity contribution in [1.29, 1.82) is 0 Å². The molecule has 96 valence electrons. The van der Waals surface area contributed by atoms with Crippen molar-refractivity contribution in [3.8, 4) is 0 Å². The molecule has 0 bridgehead atoms. The van der Waals surface area contributed by atoms with E-state index in [-0.39, 0.29) is 5.75 Å². The summed E-state index contributed by atoms with van der Waals surface area (Å²) in [5.41, 5.74) is 0. The fourth-order valence-electron chi connectivity index (χ4n) is 1.31. The molecule has 1 N–H and O–H groups in total. The SMILES string of the molecule is C=CCCCN(C)S(=O)(=O)CCCNCC. The van der Waals surface area contributed by atoms with E-state index in [0.29, 0.717) is 13.0 Å². The Labute approximate surface area is 99.8 Å². The van der Waals surface area contributed by atoms with Crippen LogP contribution in [0.2, 0.25) is 0 Å². The predicted molar refractivity (Wildman–Crippen MR) is 69.0 cm³/mol. The zero-order valence-electron chi connectivity index (χ0n) is 10.4. The van der Waals surface area contributed by atoms with Gasteiger partial charge >= 0.3 is 0 Å². The monoisotopic (exact) mass is 248 g/mol. The summed E-state index contributed by atoms with van der Waals surface area (Å²) in [4.78, 5) is 0.